The van der Waals surface area contributed by atoms with Gasteiger partial charge in [0.1, 0.15) is 5.41 Å². The first-order chi connectivity index (χ1) is 12.8. The van der Waals surface area contributed by atoms with Crippen molar-refractivity contribution in [3.05, 3.63) is 108 Å². The molecule has 26 heavy (non-hydrogen) atoms. The minimum atomic E-state index is -0.716. The third kappa shape index (κ3) is 2.37. The summed E-state index contributed by atoms with van der Waals surface area (Å²) < 4.78 is 0. The summed E-state index contributed by atoms with van der Waals surface area (Å²) in [4.78, 5) is 15.9. The minimum absolute atomic E-state index is 0.0126. The van der Waals surface area contributed by atoms with Gasteiger partial charge in [-0.15, -0.1) is 0 Å². The maximum Gasteiger partial charge on any atom is 0.242 e. The summed E-state index contributed by atoms with van der Waals surface area (Å²) in [7, 11) is 0. The summed E-state index contributed by atoms with van der Waals surface area (Å²) in [6.07, 6.45) is 11.4. The quantitative estimate of drug-likeness (QED) is 0.778. The zero-order chi connectivity index (χ0) is 18.0. The Morgan fingerprint density at radius 2 is 1.50 bits per heavy atom. The number of fused-ring (bicyclic) bond motifs is 1. The van der Waals surface area contributed by atoms with Gasteiger partial charge in [-0.05, 0) is 23.6 Å². The van der Waals surface area contributed by atoms with Gasteiger partial charge in [-0.3, -0.25) is 4.79 Å². The van der Waals surface area contributed by atoms with Crippen LogP contribution >= 0.6 is 0 Å². The van der Waals surface area contributed by atoms with Gasteiger partial charge in [0, 0.05) is 18.2 Å². The predicted octanol–water partition coefficient (Wildman–Crippen LogP) is 4.85. The molecule has 1 saturated heterocycles. The fourth-order valence-corrected chi connectivity index (χ4v) is 4.31. The van der Waals surface area contributed by atoms with Crippen LogP contribution in [0.25, 0.3) is 0 Å². The summed E-state index contributed by atoms with van der Waals surface area (Å²) in [5.41, 5.74) is 2.48. The molecular weight excluding hydrogens is 318 g/mol. The Kier molecular flexibility index (Phi) is 4.34. The van der Waals surface area contributed by atoms with Gasteiger partial charge in [0.15, 0.2) is 0 Å². The van der Waals surface area contributed by atoms with Crippen molar-refractivity contribution in [3.8, 4) is 0 Å². The van der Waals surface area contributed by atoms with Gasteiger partial charge >= 0.3 is 0 Å². The van der Waals surface area contributed by atoms with Crippen LogP contribution in [0.15, 0.2) is 96.7 Å². The monoisotopic (exact) mass is 341 g/mol. The highest BCUT2D eigenvalue weighted by molar-refractivity contribution is 5.98. The second kappa shape index (κ2) is 6.80. The van der Waals surface area contributed by atoms with E-state index < -0.39 is 5.41 Å². The van der Waals surface area contributed by atoms with Crippen molar-refractivity contribution in [1.82, 2.24) is 4.90 Å². The average molecular weight is 341 g/mol. The van der Waals surface area contributed by atoms with E-state index in [2.05, 4.69) is 49.4 Å². The lowest BCUT2D eigenvalue weighted by Gasteiger charge is -2.32. The number of carbonyl (C=O) groups is 1. The highest BCUT2D eigenvalue weighted by Gasteiger charge is 2.57. The van der Waals surface area contributed by atoms with Crippen LogP contribution < -0.4 is 0 Å². The second-order valence-corrected chi connectivity index (χ2v) is 6.84. The molecule has 2 aromatic carbocycles. The van der Waals surface area contributed by atoms with Gasteiger partial charge in [0.2, 0.25) is 5.91 Å². The number of carbonyl (C=O) groups excluding carboxylic acids is 1. The van der Waals surface area contributed by atoms with Crippen molar-refractivity contribution in [2.75, 3.05) is 6.54 Å². The molecule has 1 aliphatic heterocycles. The maximum absolute atomic E-state index is 13.9. The number of rotatable bonds is 4. The molecule has 2 aromatic rings. The van der Waals surface area contributed by atoms with Gasteiger partial charge in [0.25, 0.3) is 0 Å². The van der Waals surface area contributed by atoms with E-state index >= 15 is 0 Å². The Bertz CT molecular complexity index is 837. The number of nitrogens with zero attached hydrogens (tertiary/aromatic N) is 1. The molecule has 1 unspecified atom stereocenters. The van der Waals surface area contributed by atoms with Gasteiger partial charge in [0.05, 0.1) is 0 Å². The molecule has 130 valence electrons. The molecule has 1 aliphatic carbocycles. The number of hydrogen-bond donors (Lipinski definition) is 0. The Morgan fingerprint density at radius 1 is 0.885 bits per heavy atom. The summed E-state index contributed by atoms with van der Waals surface area (Å²) in [5.74, 6) is 0.161. The molecule has 0 spiro atoms. The maximum atomic E-state index is 13.9. The van der Waals surface area contributed by atoms with Crippen LogP contribution in [-0.4, -0.2) is 17.4 Å². The number of likely N-dealkylation sites (tertiary alicyclic amines) is 1. The third-order valence-corrected chi connectivity index (χ3v) is 5.38. The first-order valence-electron chi connectivity index (χ1n) is 9.28. The molecule has 1 atom stereocenters. The highest BCUT2D eigenvalue weighted by Crippen LogP contribution is 2.51. The standard InChI is InChI=1S/C24H23NO/c1-2-18-25-22-17-11-5-10-16-21(22)24(23(25)26,19-12-6-3-7-13-19)20-14-8-4-9-15-20/h3-17,21H,2,18H2,1H3. The molecule has 1 fully saturated rings. The lowest BCUT2D eigenvalue weighted by molar-refractivity contribution is -0.130. The third-order valence-electron chi connectivity index (χ3n) is 5.38. The van der Waals surface area contributed by atoms with Crippen molar-refractivity contribution in [2.24, 2.45) is 5.92 Å². The molecule has 1 amide bonds. The number of benzene rings is 2. The number of hydrogen-bond acceptors (Lipinski definition) is 1. The molecular formula is C24H23NO. The van der Waals surface area contributed by atoms with Crippen LogP contribution in [0.2, 0.25) is 0 Å². The van der Waals surface area contributed by atoms with E-state index in [1.54, 1.807) is 0 Å². The molecule has 2 nitrogen and oxygen atoms in total. The molecule has 2 aliphatic rings. The second-order valence-electron chi connectivity index (χ2n) is 6.84. The summed E-state index contributed by atoms with van der Waals surface area (Å²) >= 11 is 0. The molecule has 1 heterocycles. The lowest BCUT2D eigenvalue weighted by atomic mass is 9.66. The van der Waals surface area contributed by atoms with Crippen molar-refractivity contribution in [2.45, 2.75) is 18.8 Å². The fourth-order valence-electron chi connectivity index (χ4n) is 4.31. The molecule has 4 rings (SSSR count). The van der Waals surface area contributed by atoms with E-state index in [-0.39, 0.29) is 11.8 Å². The van der Waals surface area contributed by atoms with E-state index in [0.29, 0.717) is 0 Å². The lowest BCUT2D eigenvalue weighted by Crippen LogP contribution is -2.41. The summed E-state index contributed by atoms with van der Waals surface area (Å²) in [6.45, 7) is 2.86. The van der Waals surface area contributed by atoms with Crippen LogP contribution in [0, 0.1) is 5.92 Å². The molecule has 2 heteroatoms. The zero-order valence-corrected chi connectivity index (χ0v) is 15.0. The number of amides is 1. The van der Waals surface area contributed by atoms with Crippen molar-refractivity contribution < 1.29 is 4.79 Å². The van der Waals surface area contributed by atoms with Crippen LogP contribution in [0.1, 0.15) is 24.5 Å². The van der Waals surface area contributed by atoms with Crippen LogP contribution in [0.4, 0.5) is 0 Å². The van der Waals surface area contributed by atoms with Crippen LogP contribution in [0.5, 0.6) is 0 Å². The van der Waals surface area contributed by atoms with Crippen molar-refractivity contribution in [3.63, 3.8) is 0 Å². The fraction of sp³-hybridized carbons (Fsp3) is 0.208. The smallest absolute Gasteiger partial charge is 0.242 e. The van der Waals surface area contributed by atoms with Crippen LogP contribution in [-0.2, 0) is 10.2 Å². The van der Waals surface area contributed by atoms with E-state index in [0.717, 1.165) is 29.8 Å². The Morgan fingerprint density at radius 3 is 2.08 bits per heavy atom. The van der Waals surface area contributed by atoms with Gasteiger partial charge in [-0.25, -0.2) is 0 Å². The minimum Gasteiger partial charge on any atom is -0.314 e. The predicted molar refractivity (Wildman–Crippen MR) is 106 cm³/mol. The Balaban J connectivity index is 2.03. The average Bonchev–Trinajstić information content (AvgIpc) is 2.84. The van der Waals surface area contributed by atoms with Gasteiger partial charge in [-0.1, -0.05) is 91.9 Å². The topological polar surface area (TPSA) is 20.3 Å². The zero-order valence-electron chi connectivity index (χ0n) is 15.0. The van der Waals surface area contributed by atoms with Crippen molar-refractivity contribution in [1.29, 1.82) is 0 Å². The number of allylic oxidation sites excluding steroid dienone is 5. The first kappa shape index (κ1) is 16.6. The first-order valence-corrected chi connectivity index (χ1v) is 9.28. The molecule has 0 saturated carbocycles. The summed E-state index contributed by atoms with van der Waals surface area (Å²) in [5, 5.41) is 0. The SMILES string of the molecule is CCCN1C(=O)C(c2ccccc2)(c2ccccc2)C2C=CC=CC=C21. The molecule has 0 N–H and O–H groups in total. The van der Waals surface area contributed by atoms with Gasteiger partial charge in [-0.2, -0.15) is 0 Å². The van der Waals surface area contributed by atoms with E-state index in [4.69, 9.17) is 0 Å². The van der Waals surface area contributed by atoms with E-state index in [1.807, 2.05) is 53.5 Å². The van der Waals surface area contributed by atoms with E-state index in [1.165, 1.54) is 0 Å². The highest BCUT2D eigenvalue weighted by atomic mass is 16.2. The van der Waals surface area contributed by atoms with Crippen molar-refractivity contribution >= 4 is 5.91 Å². The molecule has 0 radical (unpaired) electrons. The van der Waals surface area contributed by atoms with Gasteiger partial charge < -0.3 is 4.90 Å². The molecule has 0 aromatic heterocycles. The normalized spacial score (nSPS) is 20.7. The molecule has 0 bridgehead atoms. The Labute approximate surface area is 155 Å². The Hall–Kier alpha value is -2.87. The summed E-state index contributed by atoms with van der Waals surface area (Å²) in [6, 6.07) is 20.5. The van der Waals surface area contributed by atoms with Crippen LogP contribution in [0.3, 0.4) is 0 Å². The van der Waals surface area contributed by atoms with E-state index in [9.17, 15) is 4.79 Å². The largest absolute Gasteiger partial charge is 0.314 e.